The highest BCUT2D eigenvalue weighted by Gasteiger charge is 2.28. The third kappa shape index (κ3) is 5.12. The van der Waals surface area contributed by atoms with E-state index < -0.39 is 0 Å². The van der Waals surface area contributed by atoms with Crippen LogP contribution in [0.4, 0.5) is 0 Å². The molecule has 176 valence electrons. The average molecular weight is 464 g/mol. The van der Waals surface area contributed by atoms with Crippen LogP contribution in [-0.2, 0) is 11.2 Å². The monoisotopic (exact) mass is 463 g/mol. The number of carbonyl (C=O) groups is 1. The molecule has 0 N–H and O–H groups in total. The molecule has 1 unspecified atom stereocenters. The number of nitrogens with zero attached hydrogens (tertiary/aromatic N) is 1. The Bertz CT molecular complexity index is 1370. The topological polar surface area (TPSA) is 48.4 Å². The fourth-order valence-corrected chi connectivity index (χ4v) is 4.72. The fraction of sp³-hybridized carbons (Fsp3) is 0.226. The number of hydrogen-bond donors (Lipinski definition) is 0. The molecule has 0 fully saturated rings. The number of ether oxygens (including phenoxy) is 2. The number of allylic oxidation sites excluding steroid dienone is 1. The number of aryl methyl sites for hydroxylation is 1. The Morgan fingerprint density at radius 3 is 2.49 bits per heavy atom. The van der Waals surface area contributed by atoms with Crippen molar-refractivity contribution in [3.05, 3.63) is 107 Å². The van der Waals surface area contributed by atoms with Gasteiger partial charge in [-0.25, -0.2) is 9.78 Å². The van der Waals surface area contributed by atoms with E-state index in [0.717, 1.165) is 51.9 Å². The molecule has 1 heterocycles. The summed E-state index contributed by atoms with van der Waals surface area (Å²) in [5.41, 5.74) is 6.80. The summed E-state index contributed by atoms with van der Waals surface area (Å²) < 4.78 is 11.5. The first-order valence-corrected chi connectivity index (χ1v) is 12.1. The van der Waals surface area contributed by atoms with Gasteiger partial charge in [-0.1, -0.05) is 73.2 Å². The van der Waals surface area contributed by atoms with E-state index in [-0.39, 0.29) is 12.6 Å². The smallest absolute Gasteiger partial charge is 0.339 e. The summed E-state index contributed by atoms with van der Waals surface area (Å²) in [6.45, 7) is 4.74. The molecule has 1 aliphatic carbocycles. The van der Waals surface area contributed by atoms with Crippen molar-refractivity contribution in [2.45, 2.75) is 26.7 Å². The second-order valence-corrected chi connectivity index (χ2v) is 9.22. The van der Waals surface area contributed by atoms with E-state index >= 15 is 0 Å². The van der Waals surface area contributed by atoms with E-state index in [1.807, 2.05) is 73.7 Å². The summed E-state index contributed by atoms with van der Waals surface area (Å²) in [5, 5.41) is 0.837. The Hall–Kier alpha value is -3.92. The summed E-state index contributed by atoms with van der Waals surface area (Å²) in [4.78, 5) is 18.4. The van der Waals surface area contributed by atoms with Gasteiger partial charge in [0.15, 0.2) is 0 Å². The molecule has 0 bridgehead atoms. The average Bonchev–Trinajstić information content (AvgIpc) is 2.87. The molecule has 0 aliphatic heterocycles. The first-order chi connectivity index (χ1) is 17.1. The Morgan fingerprint density at radius 1 is 0.943 bits per heavy atom. The number of fused-ring (bicyclic) bond motifs is 2. The van der Waals surface area contributed by atoms with Crippen LogP contribution in [0, 0.1) is 12.8 Å². The van der Waals surface area contributed by atoms with Crippen LogP contribution in [0.1, 0.15) is 46.1 Å². The largest absolute Gasteiger partial charge is 0.490 e. The van der Waals surface area contributed by atoms with Gasteiger partial charge >= 0.3 is 5.97 Å². The molecule has 1 aliphatic rings. The van der Waals surface area contributed by atoms with Crippen molar-refractivity contribution in [2.75, 3.05) is 13.2 Å². The van der Waals surface area contributed by atoms with E-state index in [1.165, 1.54) is 5.56 Å². The molecule has 0 spiro atoms. The third-order valence-corrected chi connectivity index (χ3v) is 6.37. The molecule has 35 heavy (non-hydrogen) atoms. The van der Waals surface area contributed by atoms with Crippen molar-refractivity contribution in [2.24, 2.45) is 5.92 Å². The highest BCUT2D eigenvalue weighted by Crippen LogP contribution is 2.38. The minimum absolute atomic E-state index is 0.181. The molecule has 1 aromatic heterocycles. The van der Waals surface area contributed by atoms with Gasteiger partial charge in [-0.2, -0.15) is 0 Å². The minimum atomic E-state index is -0.319. The first kappa shape index (κ1) is 22.9. The van der Waals surface area contributed by atoms with Gasteiger partial charge in [0.2, 0.25) is 0 Å². The number of hydrogen-bond acceptors (Lipinski definition) is 4. The standard InChI is InChI=1S/C31H29NO3/c1-21-12-14-25(15-13-21)34-16-17-35-31(33)29-26-10-6-7-11-28(26)32-30-24(18-22(2)19-27(29)30)20-23-8-4-3-5-9-23/h3-15,20,22H,16-19H2,1-2H3. The Morgan fingerprint density at radius 2 is 1.69 bits per heavy atom. The molecule has 5 rings (SSSR count). The van der Waals surface area contributed by atoms with Crippen molar-refractivity contribution in [1.29, 1.82) is 0 Å². The lowest BCUT2D eigenvalue weighted by Gasteiger charge is -2.26. The molecule has 0 saturated carbocycles. The third-order valence-electron chi connectivity index (χ3n) is 6.37. The Balaban J connectivity index is 1.45. The zero-order chi connectivity index (χ0) is 24.2. The summed E-state index contributed by atoms with van der Waals surface area (Å²) in [7, 11) is 0. The number of aromatic nitrogens is 1. The summed E-state index contributed by atoms with van der Waals surface area (Å²) >= 11 is 0. The SMILES string of the molecule is Cc1ccc(OCCOC(=O)c2c3c(nc4ccccc24)C(=Cc2ccccc2)CC(C)C3)cc1. The zero-order valence-electron chi connectivity index (χ0n) is 20.2. The highest BCUT2D eigenvalue weighted by atomic mass is 16.6. The second kappa shape index (κ2) is 10.1. The predicted molar refractivity (Wildman–Crippen MR) is 140 cm³/mol. The second-order valence-electron chi connectivity index (χ2n) is 9.22. The van der Waals surface area contributed by atoms with Crippen molar-refractivity contribution < 1.29 is 14.3 Å². The van der Waals surface area contributed by atoms with Crippen LogP contribution in [0.5, 0.6) is 5.75 Å². The number of esters is 1. The number of benzene rings is 3. The lowest BCUT2D eigenvalue weighted by Crippen LogP contribution is -2.20. The van der Waals surface area contributed by atoms with Crippen LogP contribution in [-0.4, -0.2) is 24.2 Å². The number of para-hydroxylation sites is 1. The maximum Gasteiger partial charge on any atom is 0.339 e. The van der Waals surface area contributed by atoms with Crippen LogP contribution >= 0.6 is 0 Å². The molecule has 1 atom stereocenters. The Labute approximate surface area is 206 Å². The van der Waals surface area contributed by atoms with Crippen LogP contribution in [0.25, 0.3) is 22.6 Å². The quantitative estimate of drug-likeness (QED) is 0.230. The van der Waals surface area contributed by atoms with Gasteiger partial charge in [-0.15, -0.1) is 0 Å². The van der Waals surface area contributed by atoms with Crippen molar-refractivity contribution >= 4 is 28.5 Å². The maximum atomic E-state index is 13.4. The molecular formula is C31H29NO3. The summed E-state index contributed by atoms with van der Waals surface area (Å²) in [5.74, 6) is 0.847. The maximum absolute atomic E-state index is 13.4. The van der Waals surface area contributed by atoms with Gasteiger partial charge in [0.1, 0.15) is 19.0 Å². The lowest BCUT2D eigenvalue weighted by atomic mass is 9.80. The molecule has 4 nitrogen and oxygen atoms in total. The lowest BCUT2D eigenvalue weighted by molar-refractivity contribution is 0.0451. The van der Waals surface area contributed by atoms with E-state index in [2.05, 4.69) is 25.1 Å². The van der Waals surface area contributed by atoms with Crippen molar-refractivity contribution in [3.8, 4) is 5.75 Å². The van der Waals surface area contributed by atoms with Gasteiger partial charge < -0.3 is 9.47 Å². The first-order valence-electron chi connectivity index (χ1n) is 12.1. The fourth-order valence-electron chi connectivity index (χ4n) is 4.72. The normalized spacial score (nSPS) is 16.2. The van der Waals surface area contributed by atoms with Gasteiger partial charge in [-0.3, -0.25) is 0 Å². The van der Waals surface area contributed by atoms with Crippen molar-refractivity contribution in [3.63, 3.8) is 0 Å². The van der Waals surface area contributed by atoms with E-state index in [1.54, 1.807) is 0 Å². The molecule has 4 heteroatoms. The van der Waals surface area contributed by atoms with Crippen LogP contribution in [0.2, 0.25) is 0 Å². The Kier molecular flexibility index (Phi) is 6.62. The zero-order valence-corrected chi connectivity index (χ0v) is 20.2. The van der Waals surface area contributed by atoms with Gasteiger partial charge in [-0.05, 0) is 66.7 Å². The van der Waals surface area contributed by atoms with Crippen molar-refractivity contribution in [1.82, 2.24) is 4.98 Å². The molecule has 0 saturated heterocycles. The van der Waals surface area contributed by atoms with Crippen LogP contribution in [0.3, 0.4) is 0 Å². The van der Waals surface area contributed by atoms with E-state index in [9.17, 15) is 4.79 Å². The summed E-state index contributed by atoms with van der Waals surface area (Å²) in [6, 6.07) is 25.9. The molecule has 4 aromatic rings. The molecule has 3 aromatic carbocycles. The van der Waals surface area contributed by atoms with E-state index in [4.69, 9.17) is 14.5 Å². The summed E-state index contributed by atoms with van der Waals surface area (Å²) in [6.07, 6.45) is 3.91. The van der Waals surface area contributed by atoms with Gasteiger partial charge in [0.05, 0.1) is 16.8 Å². The molecule has 0 amide bonds. The number of carbonyl (C=O) groups excluding carboxylic acids is 1. The van der Waals surface area contributed by atoms with E-state index in [0.29, 0.717) is 18.1 Å². The van der Waals surface area contributed by atoms with Gasteiger partial charge in [0, 0.05) is 5.39 Å². The number of pyridine rings is 1. The predicted octanol–water partition coefficient (Wildman–Crippen LogP) is 6.90. The van der Waals surface area contributed by atoms with Gasteiger partial charge in [0.25, 0.3) is 0 Å². The minimum Gasteiger partial charge on any atom is -0.490 e. The van der Waals surface area contributed by atoms with Crippen LogP contribution < -0.4 is 4.74 Å². The molecule has 0 radical (unpaired) electrons. The molecular weight excluding hydrogens is 434 g/mol. The van der Waals surface area contributed by atoms with Crippen LogP contribution in [0.15, 0.2) is 78.9 Å². The number of rotatable bonds is 6. The highest BCUT2D eigenvalue weighted by molar-refractivity contribution is 6.06.